The van der Waals surface area contributed by atoms with Crippen LogP contribution >= 0.6 is 0 Å². The number of amides is 1. The average molecular weight is 1160 g/mol. The number of aliphatic hydroxyl groups is 4. The van der Waals surface area contributed by atoms with Gasteiger partial charge in [-0.25, -0.2) is 0 Å². The van der Waals surface area contributed by atoms with Gasteiger partial charge >= 0.3 is 0 Å². The summed E-state index contributed by atoms with van der Waals surface area (Å²) in [6.45, 7) is 4.10. The van der Waals surface area contributed by atoms with Gasteiger partial charge in [0, 0.05) is 0 Å². The van der Waals surface area contributed by atoms with E-state index in [2.05, 4.69) is 43.5 Å². The van der Waals surface area contributed by atoms with Gasteiger partial charge in [-0.15, -0.1) is 0 Å². The molecule has 0 radical (unpaired) electrons. The highest BCUT2D eigenvalue weighted by molar-refractivity contribution is 5.80. The zero-order valence-electron chi connectivity index (χ0n) is 55.8. The van der Waals surface area contributed by atoms with E-state index >= 15 is 0 Å². The Labute approximate surface area is 514 Å². The van der Waals surface area contributed by atoms with Crippen LogP contribution in [0.5, 0.6) is 0 Å². The first-order valence-corrected chi connectivity index (χ1v) is 37.7. The van der Waals surface area contributed by atoms with Crippen molar-refractivity contribution in [1.29, 1.82) is 0 Å². The lowest BCUT2D eigenvalue weighted by Crippen LogP contribution is -2.53. The number of allylic oxidation sites excluding steroid dienone is 4. The van der Waals surface area contributed by atoms with Crippen molar-refractivity contribution in [3.05, 3.63) is 24.3 Å². The molecule has 0 heterocycles. The maximum atomic E-state index is 12.7. The number of carbonyl (C=O) groups is 1. The van der Waals surface area contributed by atoms with E-state index in [4.69, 9.17) is 0 Å². The van der Waals surface area contributed by atoms with Crippen LogP contribution in [0.1, 0.15) is 425 Å². The summed E-state index contributed by atoms with van der Waals surface area (Å²) in [7, 11) is 0. The summed E-state index contributed by atoms with van der Waals surface area (Å²) in [6.07, 6.45) is 90.6. The summed E-state index contributed by atoms with van der Waals surface area (Å²) in [5.41, 5.74) is 0. The summed E-state index contributed by atoms with van der Waals surface area (Å²) < 4.78 is 0. The minimum atomic E-state index is -1.29. The fourth-order valence-corrected chi connectivity index (χ4v) is 12.3. The molecule has 6 heteroatoms. The molecule has 0 aliphatic heterocycles. The number of nitrogens with one attached hydrogen (secondary N) is 1. The van der Waals surface area contributed by atoms with Crippen LogP contribution in [0, 0.1) is 0 Å². The normalized spacial score (nSPS) is 13.5. The molecule has 0 saturated heterocycles. The molecule has 1 amide bonds. The Morgan fingerprint density at radius 2 is 0.512 bits per heavy atom. The van der Waals surface area contributed by atoms with Crippen molar-refractivity contribution < 1.29 is 25.2 Å². The molecule has 0 rings (SSSR count). The minimum Gasteiger partial charge on any atom is -0.394 e. The Hall–Kier alpha value is -1.21. The summed E-state index contributed by atoms with van der Waals surface area (Å²) in [5, 5.41) is 44.2. The number of aliphatic hydroxyl groups excluding tert-OH is 4. The van der Waals surface area contributed by atoms with Crippen LogP contribution in [-0.4, -0.2) is 57.3 Å². The van der Waals surface area contributed by atoms with Gasteiger partial charge in [0.15, 0.2) is 0 Å². The van der Waals surface area contributed by atoms with E-state index in [9.17, 15) is 25.2 Å². The first-order valence-electron chi connectivity index (χ1n) is 37.7. The smallest absolute Gasteiger partial charge is 0.249 e. The lowest BCUT2D eigenvalue weighted by atomic mass is 10.00. The van der Waals surface area contributed by atoms with Gasteiger partial charge in [-0.05, 0) is 51.4 Å². The monoisotopic (exact) mass is 1160 g/mol. The Morgan fingerprint density at radius 3 is 0.768 bits per heavy atom. The SMILES string of the molecule is CCCCCCCCCCCCCCCCCCCCC/C=C/CC/C=C/CCCC(O)C(O)C(CO)NC(=O)C(O)CCCCCCCCCCCCCCCCCCCCCCCCCCCCCCCCCCCCCCCC. The maximum absolute atomic E-state index is 12.7. The summed E-state index contributed by atoms with van der Waals surface area (Å²) in [6, 6.07) is -1.01. The molecule has 0 bridgehead atoms. The molecule has 4 atom stereocenters. The van der Waals surface area contributed by atoms with E-state index in [0.717, 1.165) is 38.5 Å². The van der Waals surface area contributed by atoms with Gasteiger partial charge in [0.25, 0.3) is 0 Å². The lowest BCUT2D eigenvalue weighted by Gasteiger charge is -2.27. The first-order chi connectivity index (χ1) is 40.5. The second kappa shape index (κ2) is 70.6. The summed E-state index contributed by atoms with van der Waals surface area (Å²) in [4.78, 5) is 12.7. The molecule has 6 nitrogen and oxygen atoms in total. The molecule has 0 aliphatic rings. The topological polar surface area (TPSA) is 110 Å². The van der Waals surface area contributed by atoms with Gasteiger partial charge in [-0.2, -0.15) is 0 Å². The molecule has 4 unspecified atom stereocenters. The van der Waals surface area contributed by atoms with Crippen LogP contribution in [0.15, 0.2) is 24.3 Å². The third kappa shape index (κ3) is 63.3. The average Bonchev–Trinajstić information content (AvgIpc) is 3.48. The Morgan fingerprint density at radius 1 is 0.293 bits per heavy atom. The van der Waals surface area contributed by atoms with E-state index in [-0.39, 0.29) is 0 Å². The molecule has 0 spiro atoms. The van der Waals surface area contributed by atoms with Crippen LogP contribution in [0.4, 0.5) is 0 Å². The predicted octanol–water partition coefficient (Wildman–Crippen LogP) is 23.7. The van der Waals surface area contributed by atoms with Crippen LogP contribution in [0.2, 0.25) is 0 Å². The highest BCUT2D eigenvalue weighted by Gasteiger charge is 2.28. The molecule has 0 aromatic heterocycles. The van der Waals surface area contributed by atoms with Crippen molar-refractivity contribution in [3.63, 3.8) is 0 Å². The molecule has 0 aliphatic carbocycles. The largest absolute Gasteiger partial charge is 0.394 e. The predicted molar refractivity (Wildman–Crippen MR) is 362 cm³/mol. The molecular formula is C76H149NO5. The van der Waals surface area contributed by atoms with Crippen molar-refractivity contribution in [1.82, 2.24) is 5.32 Å². The number of rotatable bonds is 71. The zero-order chi connectivity index (χ0) is 59.4. The van der Waals surface area contributed by atoms with E-state index in [1.54, 1.807) is 0 Å². The Kier molecular flexibility index (Phi) is 69.5. The first kappa shape index (κ1) is 80.8. The number of carbonyl (C=O) groups excluding carboxylic acids is 1. The van der Waals surface area contributed by atoms with Gasteiger partial charge in [0.1, 0.15) is 12.2 Å². The fourth-order valence-electron chi connectivity index (χ4n) is 12.3. The molecular weight excluding hydrogens is 1010 g/mol. The third-order valence-corrected chi connectivity index (χ3v) is 18.1. The molecule has 488 valence electrons. The molecule has 82 heavy (non-hydrogen) atoms. The van der Waals surface area contributed by atoms with Crippen molar-refractivity contribution in [2.75, 3.05) is 6.61 Å². The van der Waals surface area contributed by atoms with Gasteiger partial charge in [0.2, 0.25) is 5.91 Å². The third-order valence-electron chi connectivity index (χ3n) is 18.1. The maximum Gasteiger partial charge on any atom is 0.249 e. The second-order valence-electron chi connectivity index (χ2n) is 26.3. The van der Waals surface area contributed by atoms with Crippen LogP contribution in [0.3, 0.4) is 0 Å². The highest BCUT2D eigenvalue weighted by atomic mass is 16.3. The number of hydrogen-bond donors (Lipinski definition) is 5. The van der Waals surface area contributed by atoms with Crippen molar-refractivity contribution in [2.45, 2.75) is 449 Å². The molecule has 0 aromatic rings. The molecule has 5 N–H and O–H groups in total. The lowest BCUT2D eigenvalue weighted by molar-refractivity contribution is -0.132. The summed E-state index contributed by atoms with van der Waals surface area (Å²) in [5.74, 6) is -0.589. The van der Waals surface area contributed by atoms with Gasteiger partial charge < -0.3 is 25.7 Å². The quantitative estimate of drug-likeness (QED) is 0.0308. The fraction of sp³-hybridized carbons (Fsp3) is 0.934. The second-order valence-corrected chi connectivity index (χ2v) is 26.3. The van der Waals surface area contributed by atoms with Gasteiger partial charge in [-0.3, -0.25) is 4.79 Å². The summed E-state index contributed by atoms with van der Waals surface area (Å²) >= 11 is 0. The van der Waals surface area contributed by atoms with Crippen molar-refractivity contribution in [2.24, 2.45) is 0 Å². The molecule has 0 fully saturated rings. The van der Waals surface area contributed by atoms with Gasteiger partial charge in [-0.1, -0.05) is 398 Å². The van der Waals surface area contributed by atoms with Crippen molar-refractivity contribution in [3.8, 4) is 0 Å². The number of hydrogen-bond acceptors (Lipinski definition) is 5. The van der Waals surface area contributed by atoms with Crippen molar-refractivity contribution >= 4 is 5.91 Å². The molecule has 0 aromatic carbocycles. The minimum absolute atomic E-state index is 0.365. The van der Waals surface area contributed by atoms with Gasteiger partial charge in [0.05, 0.1) is 18.8 Å². The van der Waals surface area contributed by atoms with Crippen LogP contribution < -0.4 is 5.32 Å². The standard InChI is InChI=1S/C76H149NO5/c1-3-5-7-9-11-13-15-17-19-21-23-25-27-29-31-33-34-35-36-37-38-39-40-41-42-44-46-48-50-52-54-56-58-60-62-64-66-68-70-74(80)76(82)77-72(71-78)75(81)73(79)69-67-65-63-61-59-57-55-53-51-49-47-45-43-32-30-28-26-24-22-20-18-16-14-12-10-8-6-4-2/h53,55,61,63,72-75,78-81H,3-52,54,56-60,62,64-71H2,1-2H3,(H,77,82)/b55-53+,63-61+. The Balaban J connectivity index is 3.52. The van der Waals surface area contributed by atoms with E-state index in [1.807, 2.05) is 0 Å². The highest BCUT2D eigenvalue weighted by Crippen LogP contribution is 2.20. The Bertz CT molecular complexity index is 1260. The number of unbranched alkanes of at least 4 members (excludes halogenated alkanes) is 58. The zero-order valence-corrected chi connectivity index (χ0v) is 55.8. The van der Waals surface area contributed by atoms with Crippen LogP contribution in [0.25, 0.3) is 0 Å². The van der Waals surface area contributed by atoms with E-state index in [0.29, 0.717) is 19.3 Å². The van der Waals surface area contributed by atoms with Crippen LogP contribution in [-0.2, 0) is 4.79 Å². The van der Waals surface area contributed by atoms with E-state index in [1.165, 1.54) is 353 Å². The van der Waals surface area contributed by atoms with E-state index < -0.39 is 36.9 Å². The molecule has 0 saturated carbocycles.